The summed E-state index contributed by atoms with van der Waals surface area (Å²) in [6, 6.07) is 19.0. The molecule has 1 unspecified atom stereocenters. The molecule has 1 amide bonds. The van der Waals surface area contributed by atoms with Gasteiger partial charge in [0.2, 0.25) is 12.7 Å². The zero-order valence-corrected chi connectivity index (χ0v) is 27.0. The lowest BCUT2D eigenvalue weighted by Gasteiger charge is -2.40. The van der Waals surface area contributed by atoms with Crippen LogP contribution in [-0.2, 0) is 16.1 Å². The molecule has 3 aliphatic heterocycles. The predicted octanol–water partition coefficient (Wildman–Crippen LogP) is 6.68. The van der Waals surface area contributed by atoms with Crippen molar-refractivity contribution in [1.29, 1.82) is 0 Å². The molecular weight excluding hydrogens is 611 g/mol. The number of piperazine rings is 1. The summed E-state index contributed by atoms with van der Waals surface area (Å²) >= 11 is 12.9. The fourth-order valence-corrected chi connectivity index (χ4v) is 7.26. The van der Waals surface area contributed by atoms with Crippen molar-refractivity contribution in [3.8, 4) is 11.5 Å². The SMILES string of the molecule is CC1(C)CC(=O)C2=C(C1)Nc1ccccc1N(CC(=O)N1CCN(Cc3ccc4c(c3)OCO4)CC1)C2c1ccc(Cl)c(Cl)c1. The number of fused-ring (bicyclic) bond motifs is 2. The molecular formula is C35H36Cl2N4O4. The maximum atomic E-state index is 14.1. The first-order valence-corrected chi connectivity index (χ1v) is 16.1. The number of ketones is 1. The minimum atomic E-state index is -0.509. The van der Waals surface area contributed by atoms with E-state index < -0.39 is 6.04 Å². The highest BCUT2D eigenvalue weighted by atomic mass is 35.5. The highest BCUT2D eigenvalue weighted by Gasteiger charge is 2.42. The molecule has 3 heterocycles. The molecule has 4 aliphatic rings. The van der Waals surface area contributed by atoms with Crippen molar-refractivity contribution in [2.75, 3.05) is 49.7 Å². The van der Waals surface area contributed by atoms with Crippen molar-refractivity contribution < 1.29 is 19.1 Å². The van der Waals surface area contributed by atoms with Crippen molar-refractivity contribution in [3.63, 3.8) is 0 Å². The number of amides is 1. The molecule has 1 atom stereocenters. The number of rotatable bonds is 5. The minimum absolute atomic E-state index is 0.0187. The summed E-state index contributed by atoms with van der Waals surface area (Å²) in [6.07, 6.45) is 1.14. The number of hydrogen-bond donors (Lipinski definition) is 1. The van der Waals surface area contributed by atoms with Crippen LogP contribution in [0.1, 0.15) is 43.9 Å². The number of allylic oxidation sites excluding steroid dienone is 1. The van der Waals surface area contributed by atoms with Gasteiger partial charge >= 0.3 is 0 Å². The summed E-state index contributed by atoms with van der Waals surface area (Å²) in [5.41, 5.74) is 5.11. The smallest absolute Gasteiger partial charge is 0.242 e. The van der Waals surface area contributed by atoms with Gasteiger partial charge in [-0.15, -0.1) is 0 Å². The van der Waals surface area contributed by atoms with Crippen molar-refractivity contribution in [1.82, 2.24) is 9.80 Å². The summed E-state index contributed by atoms with van der Waals surface area (Å²) in [7, 11) is 0. The van der Waals surface area contributed by atoms with Gasteiger partial charge in [-0.3, -0.25) is 14.5 Å². The first-order chi connectivity index (χ1) is 21.6. The van der Waals surface area contributed by atoms with Crippen LogP contribution in [0.3, 0.4) is 0 Å². The van der Waals surface area contributed by atoms with Crippen LogP contribution in [0, 0.1) is 5.41 Å². The fourth-order valence-electron chi connectivity index (χ4n) is 6.95. The summed E-state index contributed by atoms with van der Waals surface area (Å²) in [5, 5.41) is 4.47. The van der Waals surface area contributed by atoms with Gasteiger partial charge in [0.15, 0.2) is 17.3 Å². The quantitative estimate of drug-likeness (QED) is 0.331. The van der Waals surface area contributed by atoms with E-state index in [0.717, 1.165) is 59.3 Å². The van der Waals surface area contributed by atoms with E-state index in [0.29, 0.717) is 41.5 Å². The molecule has 1 fully saturated rings. The standard InChI is InChI=1S/C35H36Cl2N4O4/c1-35(2)17-27-33(29(42)18-35)34(23-8-9-24(36)25(37)16-23)41(28-6-4-3-5-26(28)38-27)20-32(43)40-13-11-39(12-14-40)19-22-7-10-30-31(15-22)45-21-44-30/h3-10,15-16,34,38H,11-14,17-21H2,1-2H3. The lowest BCUT2D eigenvalue weighted by molar-refractivity contribution is -0.131. The van der Waals surface area contributed by atoms with Crippen LogP contribution in [0.15, 0.2) is 71.9 Å². The Morgan fingerprint density at radius 1 is 0.933 bits per heavy atom. The van der Waals surface area contributed by atoms with Crippen LogP contribution in [0.5, 0.6) is 11.5 Å². The Bertz CT molecular complexity index is 1700. The molecule has 45 heavy (non-hydrogen) atoms. The van der Waals surface area contributed by atoms with Crippen LogP contribution < -0.4 is 19.7 Å². The van der Waals surface area contributed by atoms with Crippen molar-refractivity contribution in [3.05, 3.63) is 93.1 Å². The lowest BCUT2D eigenvalue weighted by Crippen LogP contribution is -2.51. The van der Waals surface area contributed by atoms with Gasteiger partial charge in [-0.05, 0) is 59.4 Å². The molecule has 0 spiro atoms. The van der Waals surface area contributed by atoms with E-state index in [1.807, 2.05) is 53.4 Å². The fraction of sp³-hybridized carbons (Fsp3) is 0.371. The van der Waals surface area contributed by atoms with Gasteiger partial charge in [0.05, 0.1) is 34.0 Å². The third kappa shape index (κ3) is 5.99. The number of anilines is 2. The zero-order valence-electron chi connectivity index (χ0n) is 25.4. The van der Waals surface area contributed by atoms with Crippen molar-refractivity contribution in [2.45, 2.75) is 39.3 Å². The Hall–Kier alpha value is -3.72. The van der Waals surface area contributed by atoms with Gasteiger partial charge in [-0.25, -0.2) is 0 Å². The number of benzene rings is 3. The van der Waals surface area contributed by atoms with Crippen molar-refractivity contribution >= 4 is 46.3 Å². The van der Waals surface area contributed by atoms with E-state index in [-0.39, 0.29) is 30.4 Å². The van der Waals surface area contributed by atoms with Crippen LogP contribution in [0.25, 0.3) is 0 Å². The summed E-state index contributed by atoms with van der Waals surface area (Å²) in [4.78, 5) is 34.4. The summed E-state index contributed by atoms with van der Waals surface area (Å²) < 4.78 is 11.0. The molecule has 1 saturated heterocycles. The predicted molar refractivity (Wildman–Crippen MR) is 176 cm³/mol. The number of ether oxygens (including phenoxy) is 2. The van der Waals surface area contributed by atoms with Gasteiger partial charge in [-0.1, -0.05) is 61.3 Å². The molecule has 8 nitrogen and oxygen atoms in total. The number of Topliss-reactive ketones (excluding diaryl/α,β-unsaturated/α-hetero) is 1. The Morgan fingerprint density at radius 2 is 1.71 bits per heavy atom. The number of carbonyl (C=O) groups excluding carboxylic acids is 2. The Kier molecular flexibility index (Phi) is 7.92. The number of nitrogens with zero attached hydrogens (tertiary/aromatic N) is 3. The monoisotopic (exact) mass is 646 g/mol. The van der Waals surface area contributed by atoms with Gasteiger partial charge < -0.3 is 24.6 Å². The summed E-state index contributed by atoms with van der Waals surface area (Å²) in [5.74, 6) is 1.65. The number of hydrogen-bond acceptors (Lipinski definition) is 7. The molecule has 10 heteroatoms. The number of halogens is 2. The van der Waals surface area contributed by atoms with Crippen LogP contribution in [0.2, 0.25) is 10.0 Å². The van der Waals surface area contributed by atoms with E-state index >= 15 is 0 Å². The van der Waals surface area contributed by atoms with Gasteiger partial charge in [0.1, 0.15) is 0 Å². The van der Waals surface area contributed by atoms with E-state index in [1.165, 1.54) is 0 Å². The summed E-state index contributed by atoms with van der Waals surface area (Å²) in [6.45, 7) is 8.15. The minimum Gasteiger partial charge on any atom is -0.454 e. The highest BCUT2D eigenvalue weighted by molar-refractivity contribution is 6.42. The molecule has 1 aliphatic carbocycles. The zero-order chi connectivity index (χ0) is 31.3. The Labute approximate surface area is 273 Å². The molecule has 7 rings (SSSR count). The molecule has 234 valence electrons. The van der Waals surface area contributed by atoms with E-state index in [1.54, 1.807) is 6.07 Å². The van der Waals surface area contributed by atoms with Gasteiger partial charge in [0.25, 0.3) is 0 Å². The maximum absolute atomic E-state index is 14.1. The number of carbonyl (C=O) groups is 2. The Morgan fingerprint density at radius 3 is 2.51 bits per heavy atom. The van der Waals surface area contributed by atoms with Crippen LogP contribution >= 0.6 is 23.2 Å². The molecule has 0 radical (unpaired) electrons. The van der Waals surface area contributed by atoms with Crippen molar-refractivity contribution in [2.24, 2.45) is 5.41 Å². The second kappa shape index (κ2) is 11.9. The second-order valence-electron chi connectivity index (χ2n) is 13.0. The Balaban J connectivity index is 1.16. The molecule has 0 aromatic heterocycles. The average molecular weight is 648 g/mol. The second-order valence-corrected chi connectivity index (χ2v) is 13.8. The maximum Gasteiger partial charge on any atom is 0.242 e. The lowest BCUT2D eigenvalue weighted by atomic mass is 9.73. The van der Waals surface area contributed by atoms with Crippen LogP contribution in [-0.4, -0.2) is 61.0 Å². The van der Waals surface area contributed by atoms with Gasteiger partial charge in [0, 0.05) is 50.4 Å². The average Bonchev–Trinajstić information content (AvgIpc) is 3.43. The molecule has 0 bridgehead atoms. The van der Waals surface area contributed by atoms with E-state index in [9.17, 15) is 9.59 Å². The molecule has 1 N–H and O–H groups in total. The third-order valence-corrected chi connectivity index (χ3v) is 9.88. The number of nitrogens with one attached hydrogen (secondary N) is 1. The van der Waals surface area contributed by atoms with E-state index in [2.05, 4.69) is 35.0 Å². The first kappa shape index (κ1) is 30.0. The topological polar surface area (TPSA) is 74.4 Å². The van der Waals surface area contributed by atoms with E-state index in [4.69, 9.17) is 32.7 Å². The number of para-hydroxylation sites is 2. The molecule has 3 aromatic rings. The highest BCUT2D eigenvalue weighted by Crippen LogP contribution is 2.48. The molecule has 0 saturated carbocycles. The molecule has 3 aromatic carbocycles. The largest absolute Gasteiger partial charge is 0.454 e. The van der Waals surface area contributed by atoms with Crippen LogP contribution in [0.4, 0.5) is 11.4 Å². The third-order valence-electron chi connectivity index (χ3n) is 9.14. The first-order valence-electron chi connectivity index (χ1n) is 15.4. The van der Waals surface area contributed by atoms with Gasteiger partial charge in [-0.2, -0.15) is 0 Å². The normalized spacial score (nSPS) is 20.8.